The van der Waals surface area contributed by atoms with Crippen LogP contribution in [-0.2, 0) is 11.3 Å². The Bertz CT molecular complexity index is 929. The summed E-state index contributed by atoms with van der Waals surface area (Å²) in [6.07, 6.45) is 0. The lowest BCUT2D eigenvalue weighted by Crippen LogP contribution is -2.50. The summed E-state index contributed by atoms with van der Waals surface area (Å²) in [5, 5.41) is 0. The Labute approximate surface area is 183 Å². The van der Waals surface area contributed by atoms with E-state index < -0.39 is 0 Å². The van der Waals surface area contributed by atoms with E-state index >= 15 is 0 Å². The first-order valence-electron chi connectivity index (χ1n) is 11.2. The molecule has 1 aromatic heterocycles. The number of benzene rings is 1. The minimum atomic E-state index is -0.122. The van der Waals surface area contributed by atoms with Gasteiger partial charge in [-0.1, -0.05) is 32.0 Å². The van der Waals surface area contributed by atoms with E-state index in [0.717, 1.165) is 31.9 Å². The number of piperazine rings is 2. The zero-order valence-electron chi connectivity index (χ0n) is 18.5. The molecular formula is C23H32N6O2. The lowest BCUT2D eigenvalue weighted by atomic mass is 10.1. The Morgan fingerprint density at radius 1 is 0.968 bits per heavy atom. The minimum Gasteiger partial charge on any atom is -0.369 e. The van der Waals surface area contributed by atoms with Gasteiger partial charge in [0.15, 0.2) is 0 Å². The SMILES string of the molecule is CC(C)C(=O)N1CCN(c2nc(CN3CCN(c4ccccc4)CC3)cc(=O)[nH]2)CC1. The number of carbonyl (C=O) groups is 1. The van der Waals surface area contributed by atoms with Crippen LogP contribution in [0.3, 0.4) is 0 Å². The Morgan fingerprint density at radius 3 is 2.26 bits per heavy atom. The van der Waals surface area contributed by atoms with Crippen LogP contribution in [0.5, 0.6) is 0 Å². The Balaban J connectivity index is 1.35. The van der Waals surface area contributed by atoms with E-state index in [4.69, 9.17) is 4.98 Å². The van der Waals surface area contributed by atoms with Crippen molar-refractivity contribution in [2.45, 2.75) is 20.4 Å². The number of amides is 1. The van der Waals surface area contributed by atoms with Gasteiger partial charge in [0.2, 0.25) is 11.9 Å². The van der Waals surface area contributed by atoms with E-state index in [1.54, 1.807) is 6.07 Å². The van der Waals surface area contributed by atoms with Crippen molar-refractivity contribution in [2.24, 2.45) is 5.92 Å². The van der Waals surface area contributed by atoms with Gasteiger partial charge in [-0.25, -0.2) is 4.98 Å². The molecule has 4 rings (SSSR count). The molecule has 0 spiro atoms. The normalized spacial score (nSPS) is 18.0. The van der Waals surface area contributed by atoms with Crippen molar-refractivity contribution in [1.82, 2.24) is 19.8 Å². The largest absolute Gasteiger partial charge is 0.369 e. The number of carbonyl (C=O) groups excluding carboxylic acids is 1. The molecule has 2 fully saturated rings. The number of rotatable bonds is 5. The first-order valence-corrected chi connectivity index (χ1v) is 11.2. The summed E-state index contributed by atoms with van der Waals surface area (Å²) in [7, 11) is 0. The van der Waals surface area contributed by atoms with E-state index in [1.165, 1.54) is 5.69 Å². The standard InChI is InChI=1S/C23H32N6O2/c1-18(2)22(31)28-12-14-29(15-13-28)23-24-19(16-21(30)25-23)17-26-8-10-27(11-9-26)20-6-4-3-5-7-20/h3-7,16,18H,8-15,17H2,1-2H3,(H,24,25,30). The topological polar surface area (TPSA) is 75.8 Å². The number of anilines is 2. The molecular weight excluding hydrogens is 392 g/mol. The number of aromatic amines is 1. The molecule has 3 heterocycles. The molecule has 0 bridgehead atoms. The molecule has 1 amide bonds. The van der Waals surface area contributed by atoms with Crippen molar-refractivity contribution in [2.75, 3.05) is 62.2 Å². The molecule has 1 aromatic carbocycles. The van der Waals surface area contributed by atoms with Gasteiger partial charge in [-0.2, -0.15) is 0 Å². The maximum atomic E-state index is 12.3. The fourth-order valence-electron chi connectivity index (χ4n) is 4.26. The predicted molar refractivity (Wildman–Crippen MR) is 122 cm³/mol. The quantitative estimate of drug-likeness (QED) is 0.782. The van der Waals surface area contributed by atoms with Crippen LogP contribution >= 0.6 is 0 Å². The summed E-state index contributed by atoms with van der Waals surface area (Å²) in [6, 6.07) is 12.1. The van der Waals surface area contributed by atoms with Crippen LogP contribution in [0, 0.1) is 5.92 Å². The molecule has 8 heteroatoms. The number of nitrogens with one attached hydrogen (secondary N) is 1. The highest BCUT2D eigenvalue weighted by molar-refractivity contribution is 5.78. The summed E-state index contributed by atoms with van der Waals surface area (Å²) < 4.78 is 0. The van der Waals surface area contributed by atoms with Crippen LogP contribution in [0.1, 0.15) is 19.5 Å². The van der Waals surface area contributed by atoms with Gasteiger partial charge in [-0.3, -0.25) is 19.5 Å². The molecule has 2 aliphatic rings. The van der Waals surface area contributed by atoms with Crippen LogP contribution in [-0.4, -0.2) is 78.0 Å². The molecule has 31 heavy (non-hydrogen) atoms. The van der Waals surface area contributed by atoms with Crippen LogP contribution in [0.2, 0.25) is 0 Å². The zero-order valence-corrected chi connectivity index (χ0v) is 18.5. The maximum absolute atomic E-state index is 12.3. The molecule has 8 nitrogen and oxygen atoms in total. The molecule has 2 aliphatic heterocycles. The molecule has 0 unspecified atom stereocenters. The monoisotopic (exact) mass is 424 g/mol. The number of aromatic nitrogens is 2. The van der Waals surface area contributed by atoms with Gasteiger partial charge in [-0.15, -0.1) is 0 Å². The molecule has 0 saturated carbocycles. The van der Waals surface area contributed by atoms with Gasteiger partial charge in [0.1, 0.15) is 0 Å². The van der Waals surface area contributed by atoms with Gasteiger partial charge >= 0.3 is 0 Å². The number of hydrogen-bond acceptors (Lipinski definition) is 6. The van der Waals surface area contributed by atoms with Crippen molar-refractivity contribution < 1.29 is 4.79 Å². The maximum Gasteiger partial charge on any atom is 0.252 e. The van der Waals surface area contributed by atoms with Gasteiger partial charge in [-0.05, 0) is 12.1 Å². The summed E-state index contributed by atoms with van der Waals surface area (Å²) >= 11 is 0. The van der Waals surface area contributed by atoms with Crippen molar-refractivity contribution in [3.8, 4) is 0 Å². The van der Waals surface area contributed by atoms with Crippen LogP contribution in [0.4, 0.5) is 11.6 Å². The zero-order chi connectivity index (χ0) is 21.8. The van der Waals surface area contributed by atoms with Crippen LogP contribution < -0.4 is 15.4 Å². The second-order valence-electron chi connectivity index (χ2n) is 8.63. The van der Waals surface area contributed by atoms with Gasteiger partial charge < -0.3 is 14.7 Å². The second-order valence-corrected chi connectivity index (χ2v) is 8.63. The first kappa shape index (κ1) is 21.4. The molecule has 0 atom stereocenters. The highest BCUT2D eigenvalue weighted by atomic mass is 16.2. The fraction of sp³-hybridized carbons (Fsp3) is 0.522. The Kier molecular flexibility index (Phi) is 6.56. The van der Waals surface area contributed by atoms with Crippen molar-refractivity contribution in [1.29, 1.82) is 0 Å². The molecule has 2 saturated heterocycles. The van der Waals surface area contributed by atoms with E-state index in [-0.39, 0.29) is 17.4 Å². The molecule has 0 radical (unpaired) electrons. The smallest absolute Gasteiger partial charge is 0.252 e. The number of nitrogens with zero attached hydrogens (tertiary/aromatic N) is 5. The molecule has 1 N–H and O–H groups in total. The highest BCUT2D eigenvalue weighted by Crippen LogP contribution is 2.17. The van der Waals surface area contributed by atoms with Gasteiger partial charge in [0.05, 0.1) is 5.69 Å². The van der Waals surface area contributed by atoms with E-state index in [9.17, 15) is 9.59 Å². The van der Waals surface area contributed by atoms with Gasteiger partial charge in [0.25, 0.3) is 5.56 Å². The number of H-pyrrole nitrogens is 1. The van der Waals surface area contributed by atoms with E-state index in [0.29, 0.717) is 38.7 Å². The summed E-state index contributed by atoms with van der Waals surface area (Å²) in [5.74, 6) is 0.807. The third-order valence-electron chi connectivity index (χ3n) is 6.05. The Hall–Kier alpha value is -2.87. The average molecular weight is 425 g/mol. The van der Waals surface area contributed by atoms with E-state index in [1.807, 2.05) is 24.8 Å². The second kappa shape index (κ2) is 9.51. The predicted octanol–water partition coefficient (Wildman–Crippen LogP) is 1.40. The number of para-hydroxylation sites is 1. The van der Waals surface area contributed by atoms with Crippen molar-refractivity contribution in [3.05, 3.63) is 52.4 Å². The minimum absolute atomic E-state index is 0.00941. The van der Waals surface area contributed by atoms with E-state index in [2.05, 4.69) is 43.9 Å². The first-order chi connectivity index (χ1) is 15.0. The third-order valence-corrected chi connectivity index (χ3v) is 6.05. The van der Waals surface area contributed by atoms with Crippen molar-refractivity contribution in [3.63, 3.8) is 0 Å². The highest BCUT2D eigenvalue weighted by Gasteiger charge is 2.24. The lowest BCUT2D eigenvalue weighted by molar-refractivity contribution is -0.134. The average Bonchev–Trinajstić information content (AvgIpc) is 2.79. The third kappa shape index (κ3) is 5.25. The van der Waals surface area contributed by atoms with Crippen LogP contribution in [0.25, 0.3) is 0 Å². The molecule has 166 valence electrons. The van der Waals surface area contributed by atoms with Gasteiger partial charge in [0, 0.05) is 76.6 Å². The molecule has 2 aromatic rings. The molecule has 0 aliphatic carbocycles. The lowest BCUT2D eigenvalue weighted by Gasteiger charge is -2.37. The Morgan fingerprint density at radius 2 is 1.61 bits per heavy atom. The van der Waals surface area contributed by atoms with Crippen molar-refractivity contribution >= 4 is 17.5 Å². The summed E-state index contributed by atoms with van der Waals surface area (Å²) in [4.78, 5) is 40.8. The summed E-state index contributed by atoms with van der Waals surface area (Å²) in [6.45, 7) is 11.0. The number of hydrogen-bond donors (Lipinski definition) is 1. The summed E-state index contributed by atoms with van der Waals surface area (Å²) in [5.41, 5.74) is 1.94. The van der Waals surface area contributed by atoms with Crippen LogP contribution in [0.15, 0.2) is 41.2 Å². The fourth-order valence-corrected chi connectivity index (χ4v) is 4.26.